The van der Waals surface area contributed by atoms with Crippen molar-refractivity contribution in [3.63, 3.8) is 0 Å². The van der Waals surface area contributed by atoms with Crippen LogP contribution in [0.5, 0.6) is 0 Å². The topological polar surface area (TPSA) is 0 Å². The van der Waals surface area contributed by atoms with Crippen LogP contribution < -0.4 is 0 Å². The van der Waals surface area contributed by atoms with Crippen molar-refractivity contribution in [2.45, 2.75) is 32.1 Å². The van der Waals surface area contributed by atoms with Crippen LogP contribution in [-0.2, 0) is 0 Å². The summed E-state index contributed by atoms with van der Waals surface area (Å²) in [6.45, 7) is 0. The second-order valence-electron chi connectivity index (χ2n) is 4.51. The molecule has 4 rings (SSSR count). The third-order valence-electron chi connectivity index (χ3n) is 3.69. The summed E-state index contributed by atoms with van der Waals surface area (Å²) in [5.41, 5.74) is 0. The highest BCUT2D eigenvalue weighted by atomic mass is 32.1. The minimum Gasteiger partial charge on any atom is -0.0887 e. The van der Waals surface area contributed by atoms with E-state index in [0.717, 1.165) is 17.8 Å². The molecule has 0 aromatic carbocycles. The first-order valence-electron chi connectivity index (χ1n) is 4.72. The smallest absolute Gasteiger partial charge is 0.0127 e. The minimum atomic E-state index is 0.839. The van der Waals surface area contributed by atoms with E-state index in [-0.39, 0.29) is 0 Å². The van der Waals surface area contributed by atoms with Crippen molar-refractivity contribution >= 4 is 17.1 Å². The predicted octanol–water partition coefficient (Wildman–Crippen LogP) is 2.77. The zero-order valence-corrected chi connectivity index (χ0v) is 7.49. The fourth-order valence-electron chi connectivity index (χ4n) is 3.38. The maximum atomic E-state index is 5.44. The van der Waals surface area contributed by atoms with E-state index in [1.807, 2.05) is 0 Å². The molecule has 4 aliphatic carbocycles. The first-order valence-corrected chi connectivity index (χ1v) is 5.12. The summed E-state index contributed by atoms with van der Waals surface area (Å²) in [7, 11) is 0. The van der Waals surface area contributed by atoms with Crippen LogP contribution in [0.1, 0.15) is 32.1 Å². The normalized spacial score (nSPS) is 48.7. The largest absolute Gasteiger partial charge is 0.0887 e. The molecule has 0 N–H and O–H groups in total. The summed E-state index contributed by atoms with van der Waals surface area (Å²) in [6, 6.07) is 0. The molecule has 2 atom stereocenters. The number of thiocarbonyl (C=S) groups is 1. The van der Waals surface area contributed by atoms with Gasteiger partial charge in [-0.1, -0.05) is 12.2 Å². The summed E-state index contributed by atoms with van der Waals surface area (Å²) >= 11 is 5.44. The molecule has 0 aromatic rings. The first kappa shape index (κ1) is 6.59. The van der Waals surface area contributed by atoms with Gasteiger partial charge in [0.1, 0.15) is 0 Å². The molecule has 2 unspecified atom stereocenters. The van der Waals surface area contributed by atoms with Gasteiger partial charge in [0.05, 0.1) is 0 Å². The van der Waals surface area contributed by atoms with E-state index >= 15 is 0 Å². The van der Waals surface area contributed by atoms with E-state index in [1.165, 1.54) is 37.0 Å². The van der Waals surface area contributed by atoms with E-state index in [9.17, 15) is 0 Å². The van der Waals surface area contributed by atoms with Crippen LogP contribution in [0.2, 0.25) is 0 Å². The van der Waals surface area contributed by atoms with Crippen molar-refractivity contribution in [3.8, 4) is 0 Å². The summed E-state index contributed by atoms with van der Waals surface area (Å²) in [6.07, 6.45) is 7.11. The van der Waals surface area contributed by atoms with Crippen molar-refractivity contribution in [3.05, 3.63) is 5.92 Å². The van der Waals surface area contributed by atoms with Gasteiger partial charge in [0.2, 0.25) is 0 Å². The highest BCUT2D eigenvalue weighted by Gasteiger charge is 2.45. The van der Waals surface area contributed by atoms with Crippen LogP contribution in [0.4, 0.5) is 0 Å². The van der Waals surface area contributed by atoms with Gasteiger partial charge in [0.15, 0.2) is 0 Å². The van der Waals surface area contributed by atoms with Gasteiger partial charge >= 0.3 is 0 Å². The molecular weight excluding hydrogens is 152 g/mol. The lowest BCUT2D eigenvalue weighted by Crippen LogP contribution is -2.43. The Hall–Kier alpha value is 0.0900. The molecule has 0 saturated heterocycles. The molecule has 0 aliphatic heterocycles. The Bertz CT molecular complexity index is 177. The van der Waals surface area contributed by atoms with Crippen LogP contribution >= 0.6 is 12.2 Å². The molecule has 0 nitrogen and oxygen atoms in total. The highest BCUT2D eigenvalue weighted by Crippen LogP contribution is 2.53. The molecule has 4 saturated carbocycles. The van der Waals surface area contributed by atoms with Gasteiger partial charge in [-0.25, -0.2) is 0 Å². The molecular formula is C10H13S. The second-order valence-corrected chi connectivity index (χ2v) is 4.95. The fraction of sp³-hybridized carbons (Fsp3) is 0.800. The lowest BCUT2D eigenvalue weighted by Gasteiger charge is -2.49. The van der Waals surface area contributed by atoms with Gasteiger partial charge in [-0.05, 0) is 49.9 Å². The number of rotatable bonds is 0. The quantitative estimate of drug-likeness (QED) is 0.497. The van der Waals surface area contributed by atoms with Gasteiger partial charge < -0.3 is 0 Å². The third-order valence-corrected chi connectivity index (χ3v) is 4.31. The highest BCUT2D eigenvalue weighted by molar-refractivity contribution is 7.80. The van der Waals surface area contributed by atoms with E-state index in [2.05, 4.69) is 0 Å². The Balaban J connectivity index is 1.96. The molecule has 0 heterocycles. The summed E-state index contributed by atoms with van der Waals surface area (Å²) < 4.78 is 0. The number of hydrogen-bond donors (Lipinski definition) is 0. The van der Waals surface area contributed by atoms with Crippen molar-refractivity contribution in [2.75, 3.05) is 0 Å². The standard InChI is InChI=1S/C10H13S/c11-10-8-2-6-1-7(4-8)5-9(10)3-6/h6-8H,1-5H2. The Labute approximate surface area is 73.4 Å². The lowest BCUT2D eigenvalue weighted by molar-refractivity contribution is 0.166. The summed E-state index contributed by atoms with van der Waals surface area (Å²) in [4.78, 5) is 1.37. The van der Waals surface area contributed by atoms with Gasteiger partial charge in [0.25, 0.3) is 0 Å². The third kappa shape index (κ3) is 0.837. The van der Waals surface area contributed by atoms with Crippen molar-refractivity contribution in [1.82, 2.24) is 0 Å². The summed E-state index contributed by atoms with van der Waals surface area (Å²) in [5, 5.41) is 0. The molecule has 4 fully saturated rings. The van der Waals surface area contributed by atoms with E-state index < -0.39 is 0 Å². The molecule has 0 spiro atoms. The van der Waals surface area contributed by atoms with E-state index in [0.29, 0.717) is 0 Å². The molecule has 11 heavy (non-hydrogen) atoms. The Morgan fingerprint density at radius 2 is 1.64 bits per heavy atom. The van der Waals surface area contributed by atoms with E-state index in [1.54, 1.807) is 5.92 Å². The average Bonchev–Trinajstić information content (AvgIpc) is 1.98. The molecule has 59 valence electrons. The van der Waals surface area contributed by atoms with Crippen LogP contribution in [0.15, 0.2) is 0 Å². The van der Waals surface area contributed by atoms with Crippen LogP contribution in [-0.4, -0.2) is 4.86 Å². The monoisotopic (exact) mass is 165 g/mol. The van der Waals surface area contributed by atoms with Crippen molar-refractivity contribution < 1.29 is 0 Å². The molecule has 4 bridgehead atoms. The SMILES string of the molecule is S=C1[C]2CC3CC(C2)CC1C3. The van der Waals surface area contributed by atoms with Gasteiger partial charge in [-0.3, -0.25) is 0 Å². The van der Waals surface area contributed by atoms with Gasteiger partial charge in [0, 0.05) is 10.8 Å². The van der Waals surface area contributed by atoms with Crippen LogP contribution in [0.3, 0.4) is 0 Å². The zero-order valence-electron chi connectivity index (χ0n) is 6.68. The Morgan fingerprint density at radius 1 is 1.00 bits per heavy atom. The lowest BCUT2D eigenvalue weighted by atomic mass is 9.56. The summed E-state index contributed by atoms with van der Waals surface area (Å²) in [5.74, 6) is 4.58. The Kier molecular flexibility index (Phi) is 1.24. The first-order chi connectivity index (χ1) is 5.33. The fourth-order valence-corrected chi connectivity index (χ4v) is 3.74. The van der Waals surface area contributed by atoms with Crippen LogP contribution in [0, 0.1) is 23.7 Å². The van der Waals surface area contributed by atoms with Crippen molar-refractivity contribution in [1.29, 1.82) is 0 Å². The molecule has 0 aromatic heterocycles. The van der Waals surface area contributed by atoms with Crippen molar-refractivity contribution in [2.24, 2.45) is 17.8 Å². The second kappa shape index (κ2) is 2.07. The molecule has 0 amide bonds. The minimum absolute atomic E-state index is 0.839. The predicted molar refractivity (Wildman–Crippen MR) is 49.4 cm³/mol. The van der Waals surface area contributed by atoms with Gasteiger partial charge in [-0.2, -0.15) is 0 Å². The molecule has 1 radical (unpaired) electrons. The average molecular weight is 165 g/mol. The molecule has 1 heteroatoms. The van der Waals surface area contributed by atoms with Crippen LogP contribution in [0.25, 0.3) is 0 Å². The Morgan fingerprint density at radius 3 is 2.18 bits per heavy atom. The van der Waals surface area contributed by atoms with Gasteiger partial charge in [-0.15, -0.1) is 0 Å². The number of hydrogen-bond acceptors (Lipinski definition) is 1. The van der Waals surface area contributed by atoms with E-state index in [4.69, 9.17) is 12.2 Å². The maximum Gasteiger partial charge on any atom is 0.0127 e. The maximum absolute atomic E-state index is 5.44. The zero-order chi connectivity index (χ0) is 7.42. The molecule has 4 aliphatic rings.